The minimum atomic E-state index is -4.78. The number of benzene rings is 2. The number of carbonyl (C=O) groups excluding carboxylic acids is 1. The lowest BCUT2D eigenvalue weighted by Crippen LogP contribution is -2.56. The van der Waals surface area contributed by atoms with Gasteiger partial charge in [-0.3, -0.25) is 4.90 Å². The highest BCUT2D eigenvalue weighted by Gasteiger charge is 2.40. The number of fused-ring (bicyclic) bond motifs is 2. The number of amides is 1. The van der Waals surface area contributed by atoms with E-state index >= 15 is 0 Å². The van der Waals surface area contributed by atoms with Crippen molar-refractivity contribution in [2.45, 2.75) is 31.3 Å². The number of rotatable bonds is 3. The highest BCUT2D eigenvalue weighted by molar-refractivity contribution is 5.74. The molecule has 8 heteroatoms. The average Bonchev–Trinajstić information content (AvgIpc) is 2.71. The van der Waals surface area contributed by atoms with E-state index in [1.807, 2.05) is 30.3 Å². The Balaban J connectivity index is 1.54. The topological polar surface area (TPSA) is 38.8 Å². The van der Waals surface area contributed by atoms with Gasteiger partial charge in [0.15, 0.2) is 0 Å². The largest absolute Gasteiger partial charge is 0.445 e. The molecule has 0 aliphatic carbocycles. The molecule has 0 radical (unpaired) electrons. The molecular formula is C22H19F4NO3. The first-order chi connectivity index (χ1) is 14.3. The zero-order valence-corrected chi connectivity index (χ0v) is 15.9. The predicted molar refractivity (Wildman–Crippen MR) is 101 cm³/mol. The molecule has 1 amide bonds. The quantitative estimate of drug-likeness (QED) is 0.652. The fourth-order valence-electron chi connectivity index (χ4n) is 3.83. The summed E-state index contributed by atoms with van der Waals surface area (Å²) in [4.78, 5) is 14.3. The van der Waals surface area contributed by atoms with Gasteiger partial charge in [0.1, 0.15) is 12.4 Å². The maximum atomic E-state index is 13.6. The van der Waals surface area contributed by atoms with Crippen molar-refractivity contribution in [3.8, 4) is 0 Å². The third-order valence-corrected chi connectivity index (χ3v) is 5.26. The van der Waals surface area contributed by atoms with Crippen molar-refractivity contribution in [2.75, 3.05) is 13.2 Å². The molecule has 1 fully saturated rings. The second kappa shape index (κ2) is 8.10. The van der Waals surface area contributed by atoms with Crippen molar-refractivity contribution >= 4 is 11.7 Å². The average molecular weight is 421 g/mol. The van der Waals surface area contributed by atoms with Crippen LogP contribution in [-0.4, -0.2) is 36.3 Å². The molecule has 4 rings (SSSR count). The van der Waals surface area contributed by atoms with Gasteiger partial charge in [0.25, 0.3) is 0 Å². The highest BCUT2D eigenvalue weighted by atomic mass is 19.4. The second-order valence-corrected chi connectivity index (χ2v) is 7.29. The van der Waals surface area contributed by atoms with Gasteiger partial charge in [-0.2, -0.15) is 13.2 Å². The molecule has 2 unspecified atom stereocenters. The van der Waals surface area contributed by atoms with Crippen LogP contribution in [0.1, 0.15) is 23.1 Å². The lowest BCUT2D eigenvalue weighted by atomic mass is 9.89. The number of alkyl halides is 3. The number of carbonyl (C=O) groups is 1. The lowest BCUT2D eigenvalue weighted by molar-refractivity contribution is -0.140. The number of halogens is 4. The SMILES string of the molecule is O=C(OCc1ccccc1)N1C2C=C(c3ccc(F)c(C(F)(F)F)c3)CC1COC2. The summed E-state index contributed by atoms with van der Waals surface area (Å²) in [6.07, 6.45) is -3.28. The summed E-state index contributed by atoms with van der Waals surface area (Å²) < 4.78 is 63.8. The van der Waals surface area contributed by atoms with E-state index in [1.165, 1.54) is 6.07 Å². The maximum absolute atomic E-state index is 13.6. The molecule has 4 nitrogen and oxygen atoms in total. The molecule has 2 atom stereocenters. The fraction of sp³-hybridized carbons (Fsp3) is 0.318. The van der Waals surface area contributed by atoms with Crippen molar-refractivity contribution in [2.24, 2.45) is 0 Å². The lowest BCUT2D eigenvalue weighted by Gasteiger charge is -2.43. The number of morpholine rings is 1. The summed E-state index contributed by atoms with van der Waals surface area (Å²) in [7, 11) is 0. The van der Waals surface area contributed by atoms with Crippen LogP contribution in [0, 0.1) is 5.82 Å². The molecule has 1 saturated heterocycles. The Bertz CT molecular complexity index is 959. The summed E-state index contributed by atoms with van der Waals surface area (Å²) in [5.74, 6) is -1.31. The van der Waals surface area contributed by atoms with Crippen LogP contribution in [0.15, 0.2) is 54.6 Å². The Morgan fingerprint density at radius 1 is 1.13 bits per heavy atom. The number of nitrogens with zero attached hydrogens (tertiary/aromatic N) is 1. The van der Waals surface area contributed by atoms with E-state index in [2.05, 4.69) is 0 Å². The van der Waals surface area contributed by atoms with Gasteiger partial charge < -0.3 is 9.47 Å². The van der Waals surface area contributed by atoms with Crippen LogP contribution >= 0.6 is 0 Å². The van der Waals surface area contributed by atoms with Crippen LogP contribution in [0.5, 0.6) is 0 Å². The Morgan fingerprint density at radius 3 is 2.60 bits per heavy atom. The number of hydrogen-bond acceptors (Lipinski definition) is 3. The van der Waals surface area contributed by atoms with Crippen molar-refractivity contribution in [1.29, 1.82) is 0 Å². The molecule has 2 aliphatic heterocycles. The normalized spacial score (nSPS) is 21.2. The van der Waals surface area contributed by atoms with Crippen molar-refractivity contribution in [3.63, 3.8) is 0 Å². The third-order valence-electron chi connectivity index (χ3n) is 5.26. The molecule has 2 aromatic rings. The molecule has 2 aromatic carbocycles. The van der Waals surface area contributed by atoms with Gasteiger partial charge in [0, 0.05) is 0 Å². The van der Waals surface area contributed by atoms with Crippen LogP contribution in [0.3, 0.4) is 0 Å². The van der Waals surface area contributed by atoms with Gasteiger partial charge in [0.2, 0.25) is 0 Å². The first-order valence-electron chi connectivity index (χ1n) is 9.47. The fourth-order valence-corrected chi connectivity index (χ4v) is 3.83. The summed E-state index contributed by atoms with van der Waals surface area (Å²) in [6, 6.07) is 11.4. The van der Waals surface area contributed by atoms with Gasteiger partial charge in [-0.25, -0.2) is 9.18 Å². The number of hydrogen-bond donors (Lipinski definition) is 0. The van der Waals surface area contributed by atoms with Gasteiger partial charge in [0.05, 0.1) is 30.9 Å². The minimum absolute atomic E-state index is 0.125. The molecule has 0 N–H and O–H groups in total. The van der Waals surface area contributed by atoms with Gasteiger partial charge >= 0.3 is 12.3 Å². The molecular weight excluding hydrogens is 402 g/mol. The summed E-state index contributed by atoms with van der Waals surface area (Å²) in [6.45, 7) is 0.593. The van der Waals surface area contributed by atoms with Gasteiger partial charge in [-0.1, -0.05) is 42.5 Å². The van der Waals surface area contributed by atoms with Gasteiger partial charge in [-0.15, -0.1) is 0 Å². The smallest absolute Gasteiger partial charge is 0.419 e. The Hall–Kier alpha value is -2.87. The standard InChI is InChI=1S/C22H19F4NO3/c23-20-7-6-15(10-19(20)22(24,25)26)16-8-17-12-29-13-18(9-16)27(17)21(28)30-11-14-4-2-1-3-5-14/h1-8,10,17-18H,9,11-13H2. The van der Waals surface area contributed by atoms with Gasteiger partial charge in [-0.05, 0) is 35.3 Å². The Morgan fingerprint density at radius 2 is 1.90 bits per heavy atom. The maximum Gasteiger partial charge on any atom is 0.419 e. The monoisotopic (exact) mass is 421 g/mol. The van der Waals surface area contributed by atoms with E-state index in [9.17, 15) is 22.4 Å². The highest BCUT2D eigenvalue weighted by Crippen LogP contribution is 2.37. The van der Waals surface area contributed by atoms with Crippen molar-refractivity contribution in [3.05, 3.63) is 77.1 Å². The molecule has 0 aromatic heterocycles. The van der Waals surface area contributed by atoms with Crippen LogP contribution in [0.25, 0.3) is 5.57 Å². The predicted octanol–water partition coefficient (Wildman–Crippen LogP) is 5.04. The number of ether oxygens (including phenoxy) is 2. The molecule has 158 valence electrons. The van der Waals surface area contributed by atoms with E-state index in [4.69, 9.17) is 9.47 Å². The molecule has 0 saturated carbocycles. The minimum Gasteiger partial charge on any atom is -0.445 e. The Kier molecular flexibility index (Phi) is 5.51. The van der Waals surface area contributed by atoms with Crippen LogP contribution < -0.4 is 0 Å². The van der Waals surface area contributed by atoms with Crippen LogP contribution in [0.2, 0.25) is 0 Å². The van der Waals surface area contributed by atoms with E-state index in [0.29, 0.717) is 12.0 Å². The van der Waals surface area contributed by atoms with Crippen LogP contribution in [-0.2, 0) is 22.3 Å². The van der Waals surface area contributed by atoms with E-state index in [0.717, 1.165) is 17.7 Å². The van der Waals surface area contributed by atoms with Crippen LogP contribution in [0.4, 0.5) is 22.4 Å². The molecule has 2 bridgehead atoms. The first-order valence-corrected chi connectivity index (χ1v) is 9.47. The summed E-state index contributed by atoms with van der Waals surface area (Å²) >= 11 is 0. The zero-order chi connectivity index (χ0) is 21.3. The second-order valence-electron chi connectivity index (χ2n) is 7.29. The van der Waals surface area contributed by atoms with E-state index in [-0.39, 0.29) is 31.4 Å². The van der Waals surface area contributed by atoms with Crippen molar-refractivity contribution < 1.29 is 31.8 Å². The van der Waals surface area contributed by atoms with E-state index in [1.54, 1.807) is 11.0 Å². The van der Waals surface area contributed by atoms with Crippen molar-refractivity contribution in [1.82, 2.24) is 4.90 Å². The molecule has 2 heterocycles. The zero-order valence-electron chi connectivity index (χ0n) is 15.9. The Labute approximate surface area is 170 Å². The molecule has 30 heavy (non-hydrogen) atoms. The summed E-state index contributed by atoms with van der Waals surface area (Å²) in [5.41, 5.74) is 0.474. The third kappa shape index (κ3) is 4.18. The molecule has 0 spiro atoms. The summed E-state index contributed by atoms with van der Waals surface area (Å²) in [5, 5.41) is 0. The van der Waals surface area contributed by atoms with E-state index < -0.39 is 29.7 Å². The first kappa shape index (κ1) is 20.4. The molecule has 2 aliphatic rings.